The Labute approximate surface area is 76.7 Å². The quantitative estimate of drug-likeness (QED) is 0.613. The van der Waals surface area contributed by atoms with Crippen molar-refractivity contribution >= 4 is 16.9 Å². The van der Waals surface area contributed by atoms with Gasteiger partial charge in [0.25, 0.3) is 0 Å². The molecule has 2 heterocycles. The molecule has 3 aliphatic rings. The van der Waals surface area contributed by atoms with Gasteiger partial charge in [0, 0.05) is 5.70 Å². The van der Waals surface area contributed by atoms with E-state index in [1.54, 1.807) is 5.70 Å². The number of rotatable bonds is 1. The van der Waals surface area contributed by atoms with Crippen LogP contribution in [0.3, 0.4) is 0 Å². The van der Waals surface area contributed by atoms with Gasteiger partial charge in [-0.05, 0) is 31.1 Å². The summed E-state index contributed by atoms with van der Waals surface area (Å²) < 4.78 is 0. The van der Waals surface area contributed by atoms with E-state index in [0.717, 1.165) is 12.5 Å². The van der Waals surface area contributed by atoms with Crippen molar-refractivity contribution in [1.82, 2.24) is 4.90 Å². The molecular formula is C9H12N2S. The molecule has 1 aliphatic carbocycles. The zero-order valence-corrected chi connectivity index (χ0v) is 7.97. The topological polar surface area (TPSA) is 15.6 Å². The van der Waals surface area contributed by atoms with Gasteiger partial charge in [-0.15, -0.1) is 0 Å². The fourth-order valence-electron chi connectivity index (χ4n) is 1.86. The number of hydrogen-bond donors (Lipinski definition) is 0. The van der Waals surface area contributed by atoms with E-state index in [0.29, 0.717) is 6.04 Å². The normalized spacial score (nSPS) is 33.4. The average Bonchev–Trinajstić information content (AvgIpc) is 2.71. The fourth-order valence-corrected chi connectivity index (χ4v) is 2.94. The van der Waals surface area contributed by atoms with Crippen molar-refractivity contribution in [3.63, 3.8) is 0 Å². The molecule has 0 bridgehead atoms. The largest absolute Gasteiger partial charge is 0.319 e. The maximum absolute atomic E-state index is 4.49. The van der Waals surface area contributed by atoms with Crippen LogP contribution in [0.4, 0.5) is 0 Å². The van der Waals surface area contributed by atoms with Crippen molar-refractivity contribution in [3.05, 3.63) is 11.1 Å². The standard InChI is InChI=1S/C9H12N2S/c1-6-4-10-9-11(6)8(5-12-9)7-2-3-7/h5-7H,2-4H2,1H3. The maximum Gasteiger partial charge on any atom is 0.168 e. The molecule has 1 atom stereocenters. The SMILES string of the molecule is CC1CN=C2SC=C(C3CC3)N21. The molecule has 1 saturated carbocycles. The summed E-state index contributed by atoms with van der Waals surface area (Å²) in [6.07, 6.45) is 2.78. The molecule has 2 aliphatic heterocycles. The third-order valence-electron chi connectivity index (χ3n) is 2.70. The molecule has 0 saturated heterocycles. The van der Waals surface area contributed by atoms with Crippen LogP contribution in [0.5, 0.6) is 0 Å². The van der Waals surface area contributed by atoms with Crippen LogP contribution in [0.2, 0.25) is 0 Å². The Hall–Kier alpha value is -0.440. The van der Waals surface area contributed by atoms with Crippen LogP contribution in [0.1, 0.15) is 19.8 Å². The monoisotopic (exact) mass is 180 g/mol. The van der Waals surface area contributed by atoms with E-state index in [2.05, 4.69) is 22.2 Å². The van der Waals surface area contributed by atoms with E-state index in [9.17, 15) is 0 Å². The van der Waals surface area contributed by atoms with Crippen LogP contribution >= 0.6 is 11.8 Å². The van der Waals surface area contributed by atoms with Gasteiger partial charge in [0.2, 0.25) is 0 Å². The van der Waals surface area contributed by atoms with Crippen molar-refractivity contribution < 1.29 is 0 Å². The van der Waals surface area contributed by atoms with Gasteiger partial charge in [-0.3, -0.25) is 4.99 Å². The third kappa shape index (κ3) is 0.859. The Morgan fingerprint density at radius 1 is 1.58 bits per heavy atom. The number of thioether (sulfide) groups is 1. The molecule has 0 spiro atoms. The molecule has 1 fully saturated rings. The van der Waals surface area contributed by atoms with E-state index in [-0.39, 0.29) is 0 Å². The van der Waals surface area contributed by atoms with Crippen LogP contribution in [0.15, 0.2) is 16.1 Å². The summed E-state index contributed by atoms with van der Waals surface area (Å²) in [6.45, 7) is 3.25. The average molecular weight is 180 g/mol. The summed E-state index contributed by atoms with van der Waals surface area (Å²) in [4.78, 5) is 6.93. The Bertz CT molecular complexity index is 278. The Morgan fingerprint density at radius 3 is 3.17 bits per heavy atom. The first-order valence-corrected chi connectivity index (χ1v) is 5.44. The summed E-state index contributed by atoms with van der Waals surface area (Å²) in [5.41, 5.74) is 1.55. The molecule has 0 aromatic heterocycles. The third-order valence-corrected chi connectivity index (χ3v) is 3.59. The number of aliphatic imine (C=N–C) groups is 1. The highest BCUT2D eigenvalue weighted by Crippen LogP contribution is 2.45. The molecule has 0 N–H and O–H groups in total. The molecule has 12 heavy (non-hydrogen) atoms. The lowest BCUT2D eigenvalue weighted by atomic mass is 10.2. The minimum absolute atomic E-state index is 0.613. The lowest BCUT2D eigenvalue weighted by Gasteiger charge is -2.22. The molecule has 64 valence electrons. The minimum atomic E-state index is 0.613. The summed E-state index contributed by atoms with van der Waals surface area (Å²) in [5, 5.41) is 3.54. The summed E-state index contributed by atoms with van der Waals surface area (Å²) in [5.74, 6) is 0.866. The number of allylic oxidation sites excluding steroid dienone is 1. The number of amidine groups is 1. The van der Waals surface area contributed by atoms with Gasteiger partial charge in [-0.2, -0.15) is 0 Å². The number of hydrogen-bond acceptors (Lipinski definition) is 3. The summed E-state index contributed by atoms with van der Waals surface area (Å²) >= 11 is 1.81. The molecule has 0 aromatic rings. The second kappa shape index (κ2) is 2.28. The first kappa shape index (κ1) is 7.01. The van der Waals surface area contributed by atoms with E-state index in [1.165, 1.54) is 18.0 Å². The molecule has 0 amide bonds. The predicted octanol–water partition coefficient (Wildman–Crippen LogP) is 2.04. The van der Waals surface area contributed by atoms with Gasteiger partial charge < -0.3 is 4.90 Å². The van der Waals surface area contributed by atoms with E-state index >= 15 is 0 Å². The van der Waals surface area contributed by atoms with Gasteiger partial charge in [0.05, 0.1) is 12.6 Å². The summed E-state index contributed by atoms with van der Waals surface area (Å²) in [7, 11) is 0. The first-order valence-electron chi connectivity index (χ1n) is 4.56. The van der Waals surface area contributed by atoms with Crippen LogP contribution in [0.25, 0.3) is 0 Å². The molecule has 3 heteroatoms. The van der Waals surface area contributed by atoms with E-state index in [1.807, 2.05) is 11.8 Å². The van der Waals surface area contributed by atoms with Crippen molar-refractivity contribution in [2.75, 3.05) is 6.54 Å². The zero-order valence-electron chi connectivity index (χ0n) is 7.16. The van der Waals surface area contributed by atoms with Crippen molar-refractivity contribution in [2.24, 2.45) is 10.9 Å². The highest BCUT2D eigenvalue weighted by molar-refractivity contribution is 8.16. The molecule has 3 rings (SSSR count). The van der Waals surface area contributed by atoms with Crippen LogP contribution in [0, 0.1) is 5.92 Å². The molecular weight excluding hydrogens is 168 g/mol. The highest BCUT2D eigenvalue weighted by atomic mass is 32.2. The highest BCUT2D eigenvalue weighted by Gasteiger charge is 2.39. The van der Waals surface area contributed by atoms with Gasteiger partial charge in [0.15, 0.2) is 5.17 Å². The lowest BCUT2D eigenvalue weighted by molar-refractivity contribution is 0.428. The Balaban J connectivity index is 1.91. The Morgan fingerprint density at radius 2 is 2.42 bits per heavy atom. The van der Waals surface area contributed by atoms with Crippen molar-refractivity contribution in [2.45, 2.75) is 25.8 Å². The van der Waals surface area contributed by atoms with Gasteiger partial charge in [-0.1, -0.05) is 11.8 Å². The van der Waals surface area contributed by atoms with Crippen LogP contribution in [-0.2, 0) is 0 Å². The first-order chi connectivity index (χ1) is 5.86. The van der Waals surface area contributed by atoms with Crippen molar-refractivity contribution in [3.8, 4) is 0 Å². The smallest absolute Gasteiger partial charge is 0.168 e. The minimum Gasteiger partial charge on any atom is -0.319 e. The van der Waals surface area contributed by atoms with Gasteiger partial charge >= 0.3 is 0 Å². The van der Waals surface area contributed by atoms with E-state index < -0.39 is 0 Å². The van der Waals surface area contributed by atoms with E-state index in [4.69, 9.17) is 0 Å². The van der Waals surface area contributed by atoms with Crippen LogP contribution in [-0.4, -0.2) is 22.7 Å². The second-order valence-electron chi connectivity index (χ2n) is 3.78. The molecule has 0 radical (unpaired) electrons. The second-order valence-corrected chi connectivity index (χ2v) is 4.61. The van der Waals surface area contributed by atoms with Crippen molar-refractivity contribution in [1.29, 1.82) is 0 Å². The molecule has 1 unspecified atom stereocenters. The maximum atomic E-state index is 4.49. The van der Waals surface area contributed by atoms with Crippen LogP contribution < -0.4 is 0 Å². The lowest BCUT2D eigenvalue weighted by Crippen LogP contribution is -2.30. The van der Waals surface area contributed by atoms with Gasteiger partial charge in [0.1, 0.15) is 0 Å². The fraction of sp³-hybridized carbons (Fsp3) is 0.667. The molecule has 2 nitrogen and oxygen atoms in total. The number of fused-ring (bicyclic) bond motifs is 1. The Kier molecular flexibility index (Phi) is 1.33. The predicted molar refractivity (Wildman–Crippen MR) is 52.0 cm³/mol. The summed E-state index contributed by atoms with van der Waals surface area (Å²) in [6, 6.07) is 0.613. The van der Waals surface area contributed by atoms with Gasteiger partial charge in [-0.25, -0.2) is 0 Å². The number of nitrogens with zero attached hydrogens (tertiary/aromatic N) is 2. The zero-order chi connectivity index (χ0) is 8.13. The molecule has 0 aromatic carbocycles.